The van der Waals surface area contributed by atoms with E-state index in [0.29, 0.717) is 31.0 Å². The van der Waals surface area contributed by atoms with E-state index in [-0.39, 0.29) is 11.0 Å². The van der Waals surface area contributed by atoms with E-state index in [1.807, 2.05) is 5.38 Å². The van der Waals surface area contributed by atoms with Gasteiger partial charge in [-0.25, -0.2) is 9.97 Å². The summed E-state index contributed by atoms with van der Waals surface area (Å²) >= 11 is 1.60. The average molecular weight is 291 g/mol. The van der Waals surface area contributed by atoms with Gasteiger partial charge in [-0.15, -0.1) is 11.3 Å². The Labute approximate surface area is 121 Å². The third kappa shape index (κ3) is 2.41. The molecule has 2 aromatic heterocycles. The Morgan fingerprint density at radius 3 is 2.85 bits per heavy atom. The van der Waals surface area contributed by atoms with Gasteiger partial charge >= 0.3 is 0 Å². The van der Waals surface area contributed by atoms with E-state index in [2.05, 4.69) is 35.7 Å². The van der Waals surface area contributed by atoms with Crippen LogP contribution in [0.15, 0.2) is 10.2 Å². The van der Waals surface area contributed by atoms with Gasteiger partial charge in [-0.1, -0.05) is 20.8 Å². The highest BCUT2D eigenvalue weighted by molar-refractivity contribution is 7.10. The molecule has 20 heavy (non-hydrogen) atoms. The van der Waals surface area contributed by atoms with E-state index in [1.54, 1.807) is 11.3 Å². The van der Waals surface area contributed by atoms with Crippen molar-refractivity contribution in [2.24, 2.45) is 0 Å². The average Bonchev–Trinajstić information content (AvgIpc) is 2.88. The van der Waals surface area contributed by atoms with Crippen LogP contribution in [0, 0.1) is 0 Å². The highest BCUT2D eigenvalue weighted by atomic mass is 32.1. The van der Waals surface area contributed by atoms with E-state index < -0.39 is 0 Å². The summed E-state index contributed by atoms with van der Waals surface area (Å²) < 4.78 is 5.30. The van der Waals surface area contributed by atoms with Crippen molar-refractivity contribution in [2.45, 2.75) is 39.2 Å². The molecule has 3 heterocycles. The smallest absolute Gasteiger partial charge is 0.257 e. The van der Waals surface area contributed by atoms with E-state index in [4.69, 9.17) is 4.74 Å². The lowest BCUT2D eigenvalue weighted by molar-refractivity contribution is 0.108. The first kappa shape index (κ1) is 13.5. The Morgan fingerprint density at radius 2 is 2.15 bits per heavy atom. The molecule has 1 N–H and O–H groups in total. The number of ether oxygens (including phenoxy) is 1. The standard InChI is InChI=1S/C14H17N3O2S/c1-14(2,3)13-16-10(7-20-13)11-15-9-4-5-19-6-8(9)12(18)17-11/h7H,4-6H2,1-3H3,(H,15,17,18). The molecule has 5 nitrogen and oxygen atoms in total. The largest absolute Gasteiger partial charge is 0.376 e. The molecule has 0 aromatic carbocycles. The van der Waals surface area contributed by atoms with Gasteiger partial charge in [-0.3, -0.25) is 4.79 Å². The Bertz CT molecular complexity index is 697. The number of aromatic nitrogens is 3. The highest BCUT2D eigenvalue weighted by Gasteiger charge is 2.21. The minimum atomic E-state index is -0.116. The molecule has 3 rings (SSSR count). The normalized spacial score (nSPS) is 15.2. The lowest BCUT2D eigenvalue weighted by Crippen LogP contribution is -2.24. The fourth-order valence-electron chi connectivity index (χ4n) is 2.09. The molecule has 0 fully saturated rings. The first-order valence-electron chi connectivity index (χ1n) is 6.61. The van der Waals surface area contributed by atoms with Crippen molar-refractivity contribution in [3.8, 4) is 11.5 Å². The van der Waals surface area contributed by atoms with E-state index in [0.717, 1.165) is 16.4 Å². The summed E-state index contributed by atoms with van der Waals surface area (Å²) in [7, 11) is 0. The van der Waals surface area contributed by atoms with Crippen LogP contribution >= 0.6 is 11.3 Å². The number of fused-ring (bicyclic) bond motifs is 1. The lowest BCUT2D eigenvalue weighted by Gasteiger charge is -2.15. The third-order valence-corrected chi connectivity index (χ3v) is 4.49. The summed E-state index contributed by atoms with van der Waals surface area (Å²) in [5.41, 5.74) is 2.11. The van der Waals surface area contributed by atoms with Gasteiger partial charge in [0.1, 0.15) is 5.69 Å². The van der Waals surface area contributed by atoms with Crippen LogP contribution in [0.4, 0.5) is 0 Å². The first-order chi connectivity index (χ1) is 9.45. The summed E-state index contributed by atoms with van der Waals surface area (Å²) in [6.45, 7) is 7.33. The zero-order valence-corrected chi connectivity index (χ0v) is 12.6. The quantitative estimate of drug-likeness (QED) is 0.875. The summed E-state index contributed by atoms with van der Waals surface area (Å²) in [5.74, 6) is 0.558. The van der Waals surface area contributed by atoms with Crippen LogP contribution in [0.2, 0.25) is 0 Å². The molecule has 0 amide bonds. The summed E-state index contributed by atoms with van der Waals surface area (Å²) in [6.07, 6.45) is 0.683. The summed E-state index contributed by atoms with van der Waals surface area (Å²) in [5, 5.41) is 2.99. The number of aromatic amines is 1. The van der Waals surface area contributed by atoms with Crippen LogP contribution in [0.25, 0.3) is 11.5 Å². The molecule has 2 aromatic rings. The van der Waals surface area contributed by atoms with Crippen molar-refractivity contribution in [1.82, 2.24) is 15.0 Å². The van der Waals surface area contributed by atoms with Crippen molar-refractivity contribution in [1.29, 1.82) is 0 Å². The predicted octanol–water partition coefficient (Wildman–Crippen LogP) is 2.26. The zero-order valence-electron chi connectivity index (χ0n) is 11.8. The second kappa shape index (κ2) is 4.79. The molecule has 0 spiro atoms. The maximum atomic E-state index is 12.1. The number of nitrogens with zero attached hydrogens (tertiary/aromatic N) is 2. The maximum absolute atomic E-state index is 12.1. The van der Waals surface area contributed by atoms with Gasteiger partial charge in [0.2, 0.25) is 0 Å². The molecule has 0 radical (unpaired) electrons. The van der Waals surface area contributed by atoms with E-state index >= 15 is 0 Å². The monoisotopic (exact) mass is 291 g/mol. The van der Waals surface area contributed by atoms with Gasteiger partial charge in [0.15, 0.2) is 5.82 Å². The van der Waals surface area contributed by atoms with Gasteiger partial charge in [0.25, 0.3) is 5.56 Å². The molecule has 1 aliphatic rings. The summed E-state index contributed by atoms with van der Waals surface area (Å²) in [4.78, 5) is 24.0. The Balaban J connectivity index is 2.05. The van der Waals surface area contributed by atoms with Gasteiger partial charge < -0.3 is 9.72 Å². The Kier molecular flexibility index (Phi) is 3.22. The minimum Gasteiger partial charge on any atom is -0.376 e. The zero-order chi connectivity index (χ0) is 14.3. The lowest BCUT2D eigenvalue weighted by atomic mass is 9.98. The van der Waals surface area contributed by atoms with E-state index in [9.17, 15) is 4.79 Å². The van der Waals surface area contributed by atoms with Crippen molar-refractivity contribution < 1.29 is 4.74 Å². The van der Waals surface area contributed by atoms with Crippen molar-refractivity contribution in [3.63, 3.8) is 0 Å². The highest BCUT2D eigenvalue weighted by Crippen LogP contribution is 2.28. The van der Waals surface area contributed by atoms with Crippen LogP contribution in [-0.4, -0.2) is 21.6 Å². The number of hydrogen-bond donors (Lipinski definition) is 1. The first-order valence-corrected chi connectivity index (χ1v) is 7.49. The van der Waals surface area contributed by atoms with Gasteiger partial charge in [-0.05, 0) is 0 Å². The van der Waals surface area contributed by atoms with Crippen LogP contribution in [-0.2, 0) is 23.2 Å². The van der Waals surface area contributed by atoms with E-state index in [1.165, 1.54) is 0 Å². The Hall–Kier alpha value is -1.53. The molecule has 0 atom stereocenters. The Morgan fingerprint density at radius 1 is 1.35 bits per heavy atom. The van der Waals surface area contributed by atoms with Gasteiger partial charge in [-0.2, -0.15) is 0 Å². The number of hydrogen-bond acceptors (Lipinski definition) is 5. The van der Waals surface area contributed by atoms with Crippen LogP contribution in [0.3, 0.4) is 0 Å². The van der Waals surface area contributed by atoms with Crippen molar-refractivity contribution >= 4 is 11.3 Å². The fraction of sp³-hybridized carbons (Fsp3) is 0.500. The molecule has 0 unspecified atom stereocenters. The molecule has 0 saturated heterocycles. The number of thiazole rings is 1. The SMILES string of the molecule is CC(C)(C)c1nc(-c2nc3c(c(=O)[nH]2)COCC3)cs1. The van der Waals surface area contributed by atoms with Gasteiger partial charge in [0, 0.05) is 17.2 Å². The second-order valence-electron chi connectivity index (χ2n) is 5.93. The predicted molar refractivity (Wildman–Crippen MR) is 78.0 cm³/mol. The molecular formula is C14H17N3O2S. The molecule has 0 saturated carbocycles. The molecule has 6 heteroatoms. The molecule has 0 bridgehead atoms. The fourth-order valence-corrected chi connectivity index (χ4v) is 2.98. The van der Waals surface area contributed by atoms with Crippen molar-refractivity contribution in [3.05, 3.63) is 32.0 Å². The molecular weight excluding hydrogens is 274 g/mol. The topological polar surface area (TPSA) is 67.9 Å². The van der Waals surface area contributed by atoms with Gasteiger partial charge in [0.05, 0.1) is 29.5 Å². The van der Waals surface area contributed by atoms with Crippen molar-refractivity contribution in [2.75, 3.05) is 6.61 Å². The number of H-pyrrole nitrogens is 1. The third-order valence-electron chi connectivity index (χ3n) is 3.22. The second-order valence-corrected chi connectivity index (χ2v) is 6.79. The minimum absolute atomic E-state index is 0.00522. The molecule has 106 valence electrons. The number of rotatable bonds is 1. The number of nitrogens with one attached hydrogen (secondary N) is 1. The molecule has 1 aliphatic heterocycles. The maximum Gasteiger partial charge on any atom is 0.257 e. The summed E-state index contributed by atoms with van der Waals surface area (Å²) in [6, 6.07) is 0. The van der Waals surface area contributed by atoms with Crippen LogP contribution in [0.5, 0.6) is 0 Å². The van der Waals surface area contributed by atoms with Crippen LogP contribution in [0.1, 0.15) is 37.0 Å². The van der Waals surface area contributed by atoms with Crippen LogP contribution < -0.4 is 5.56 Å². The molecule has 0 aliphatic carbocycles.